The fraction of sp³-hybridized carbons (Fsp3) is 0.765. The lowest BCUT2D eigenvalue weighted by atomic mass is 9.97. The van der Waals surface area contributed by atoms with Crippen molar-refractivity contribution in [3.63, 3.8) is 0 Å². The molecule has 24 heavy (non-hydrogen) atoms. The number of H-pyrrole nitrogens is 1. The van der Waals surface area contributed by atoms with E-state index in [0.717, 1.165) is 44.8 Å². The standard InChI is InChI=1S/C17H29N5O2/c1-13-12-21(9-10-23)7-8-22(13)17(24)15-11-18-16(19-15)14-3-5-20(2)6-4-14/h11,13-14,23H,3-10,12H2,1-2H3,(H,18,19). The number of aromatic amines is 1. The molecule has 0 saturated carbocycles. The predicted molar refractivity (Wildman–Crippen MR) is 92.1 cm³/mol. The van der Waals surface area contributed by atoms with Crippen LogP contribution in [0.15, 0.2) is 6.20 Å². The van der Waals surface area contributed by atoms with Gasteiger partial charge < -0.3 is 19.9 Å². The number of carbonyl (C=O) groups is 1. The van der Waals surface area contributed by atoms with Crippen molar-refractivity contribution in [3.05, 3.63) is 17.7 Å². The molecule has 0 spiro atoms. The van der Waals surface area contributed by atoms with E-state index in [4.69, 9.17) is 5.11 Å². The highest BCUT2D eigenvalue weighted by Gasteiger charge is 2.29. The van der Waals surface area contributed by atoms with E-state index in [9.17, 15) is 4.79 Å². The average molecular weight is 335 g/mol. The number of hydrogen-bond acceptors (Lipinski definition) is 5. The van der Waals surface area contributed by atoms with E-state index in [-0.39, 0.29) is 18.6 Å². The van der Waals surface area contributed by atoms with Gasteiger partial charge in [-0.25, -0.2) is 4.98 Å². The van der Waals surface area contributed by atoms with E-state index in [1.165, 1.54) is 0 Å². The third-order valence-corrected chi connectivity index (χ3v) is 5.32. The Morgan fingerprint density at radius 3 is 2.75 bits per heavy atom. The number of aliphatic hydroxyl groups excluding tert-OH is 1. The zero-order valence-corrected chi connectivity index (χ0v) is 14.7. The summed E-state index contributed by atoms with van der Waals surface area (Å²) >= 11 is 0. The van der Waals surface area contributed by atoms with Gasteiger partial charge in [0, 0.05) is 38.1 Å². The largest absolute Gasteiger partial charge is 0.395 e. The maximum Gasteiger partial charge on any atom is 0.272 e. The molecule has 7 heteroatoms. The summed E-state index contributed by atoms with van der Waals surface area (Å²) < 4.78 is 0. The van der Waals surface area contributed by atoms with E-state index in [2.05, 4.69) is 33.7 Å². The minimum Gasteiger partial charge on any atom is -0.395 e. The third-order valence-electron chi connectivity index (χ3n) is 5.32. The fourth-order valence-electron chi connectivity index (χ4n) is 3.77. The summed E-state index contributed by atoms with van der Waals surface area (Å²) in [5.41, 5.74) is 0.603. The fourth-order valence-corrected chi connectivity index (χ4v) is 3.77. The van der Waals surface area contributed by atoms with Gasteiger partial charge in [-0.05, 0) is 39.9 Å². The molecule has 2 saturated heterocycles. The van der Waals surface area contributed by atoms with Crippen molar-refractivity contribution < 1.29 is 9.90 Å². The van der Waals surface area contributed by atoms with Crippen molar-refractivity contribution in [2.75, 3.05) is 52.9 Å². The molecular weight excluding hydrogens is 306 g/mol. The minimum absolute atomic E-state index is 0.0397. The van der Waals surface area contributed by atoms with Gasteiger partial charge in [-0.2, -0.15) is 0 Å². The van der Waals surface area contributed by atoms with Gasteiger partial charge in [-0.3, -0.25) is 9.69 Å². The minimum atomic E-state index is 0.0397. The lowest BCUT2D eigenvalue weighted by molar-refractivity contribution is 0.0453. The number of nitrogens with zero attached hydrogens (tertiary/aromatic N) is 4. The first-order valence-corrected chi connectivity index (χ1v) is 8.96. The number of β-amino-alcohol motifs (C(OH)–C–C–N with tert-alkyl or cyclic N) is 1. The number of imidazole rings is 1. The quantitative estimate of drug-likeness (QED) is 0.831. The van der Waals surface area contributed by atoms with E-state index in [1.807, 2.05) is 4.90 Å². The number of rotatable bonds is 4. The second kappa shape index (κ2) is 7.63. The molecule has 2 N–H and O–H groups in total. The summed E-state index contributed by atoms with van der Waals surface area (Å²) in [4.78, 5) is 27.0. The topological polar surface area (TPSA) is 75.7 Å². The highest BCUT2D eigenvalue weighted by molar-refractivity contribution is 5.92. The number of amides is 1. The monoisotopic (exact) mass is 335 g/mol. The Labute approximate surface area is 143 Å². The van der Waals surface area contributed by atoms with Crippen LogP contribution in [0.1, 0.15) is 42.0 Å². The Hall–Kier alpha value is -1.44. The molecule has 3 heterocycles. The van der Waals surface area contributed by atoms with Crippen LogP contribution in [0.2, 0.25) is 0 Å². The van der Waals surface area contributed by atoms with Gasteiger partial charge >= 0.3 is 0 Å². The molecule has 1 amide bonds. The Morgan fingerprint density at radius 2 is 2.08 bits per heavy atom. The molecule has 2 aliphatic heterocycles. The first-order valence-electron chi connectivity index (χ1n) is 8.96. The van der Waals surface area contributed by atoms with Gasteiger partial charge in [0.2, 0.25) is 0 Å². The zero-order chi connectivity index (χ0) is 17.1. The molecule has 1 aromatic heterocycles. The summed E-state index contributed by atoms with van der Waals surface area (Å²) in [5, 5.41) is 9.06. The molecule has 7 nitrogen and oxygen atoms in total. The Bertz CT molecular complexity index is 553. The van der Waals surface area contributed by atoms with E-state index in [1.54, 1.807) is 6.20 Å². The van der Waals surface area contributed by atoms with E-state index >= 15 is 0 Å². The Morgan fingerprint density at radius 1 is 1.33 bits per heavy atom. The Kier molecular flexibility index (Phi) is 5.53. The molecule has 134 valence electrons. The molecule has 0 aromatic carbocycles. The molecule has 0 radical (unpaired) electrons. The average Bonchev–Trinajstić information content (AvgIpc) is 3.05. The van der Waals surface area contributed by atoms with Crippen LogP contribution in [0, 0.1) is 0 Å². The van der Waals surface area contributed by atoms with Gasteiger partial charge in [-0.15, -0.1) is 0 Å². The van der Waals surface area contributed by atoms with Crippen molar-refractivity contribution in [1.29, 1.82) is 0 Å². The van der Waals surface area contributed by atoms with Crippen molar-refractivity contribution in [1.82, 2.24) is 24.7 Å². The van der Waals surface area contributed by atoms with Gasteiger partial charge in [-0.1, -0.05) is 0 Å². The van der Waals surface area contributed by atoms with E-state index < -0.39 is 0 Å². The van der Waals surface area contributed by atoms with Crippen LogP contribution in [-0.2, 0) is 0 Å². The first kappa shape index (κ1) is 17.4. The second-order valence-electron chi connectivity index (χ2n) is 7.13. The summed E-state index contributed by atoms with van der Waals surface area (Å²) in [5.74, 6) is 1.43. The zero-order valence-electron chi connectivity index (χ0n) is 14.7. The maximum absolute atomic E-state index is 12.8. The normalized spacial score (nSPS) is 24.5. The number of hydrogen-bond donors (Lipinski definition) is 2. The first-order chi connectivity index (χ1) is 11.6. The van der Waals surface area contributed by atoms with Gasteiger partial charge in [0.1, 0.15) is 11.5 Å². The van der Waals surface area contributed by atoms with Crippen LogP contribution in [0.4, 0.5) is 0 Å². The number of likely N-dealkylation sites (tertiary alicyclic amines) is 1. The molecular formula is C17H29N5O2. The molecule has 1 atom stereocenters. The molecule has 0 aliphatic carbocycles. The van der Waals surface area contributed by atoms with Crippen LogP contribution in [0.3, 0.4) is 0 Å². The van der Waals surface area contributed by atoms with Crippen LogP contribution < -0.4 is 0 Å². The smallest absolute Gasteiger partial charge is 0.272 e. The summed E-state index contributed by atoms with van der Waals surface area (Å²) in [6, 6.07) is 0.146. The van der Waals surface area contributed by atoms with E-state index in [0.29, 0.717) is 24.7 Å². The van der Waals surface area contributed by atoms with Crippen LogP contribution in [0.25, 0.3) is 0 Å². The van der Waals surface area contributed by atoms with Gasteiger partial charge in [0.15, 0.2) is 0 Å². The summed E-state index contributed by atoms with van der Waals surface area (Å²) in [6.45, 7) is 7.39. The van der Waals surface area contributed by atoms with Crippen molar-refractivity contribution >= 4 is 5.91 Å². The van der Waals surface area contributed by atoms with Crippen LogP contribution in [-0.4, -0.2) is 94.6 Å². The van der Waals surface area contributed by atoms with Crippen molar-refractivity contribution in [2.24, 2.45) is 0 Å². The molecule has 1 unspecified atom stereocenters. The summed E-state index contributed by atoms with van der Waals surface area (Å²) in [7, 11) is 2.14. The number of aliphatic hydroxyl groups is 1. The predicted octanol–water partition coefficient (Wildman–Crippen LogP) is 0.358. The molecule has 1 aromatic rings. The molecule has 3 rings (SSSR count). The van der Waals surface area contributed by atoms with Gasteiger partial charge in [0.05, 0.1) is 12.8 Å². The van der Waals surface area contributed by atoms with Gasteiger partial charge in [0.25, 0.3) is 5.91 Å². The summed E-state index contributed by atoms with van der Waals surface area (Å²) in [6.07, 6.45) is 3.88. The highest BCUT2D eigenvalue weighted by atomic mass is 16.3. The Balaban J connectivity index is 1.61. The number of carbonyl (C=O) groups excluding carboxylic acids is 1. The van der Waals surface area contributed by atoms with Crippen LogP contribution in [0.5, 0.6) is 0 Å². The van der Waals surface area contributed by atoms with Crippen molar-refractivity contribution in [3.8, 4) is 0 Å². The number of piperidine rings is 1. The van der Waals surface area contributed by atoms with Crippen molar-refractivity contribution in [2.45, 2.75) is 31.7 Å². The molecule has 2 aliphatic rings. The third kappa shape index (κ3) is 3.79. The number of aromatic nitrogens is 2. The molecule has 0 bridgehead atoms. The number of nitrogens with one attached hydrogen (secondary N) is 1. The van der Waals surface area contributed by atoms with Crippen LogP contribution >= 0.6 is 0 Å². The lowest BCUT2D eigenvalue weighted by Crippen LogP contribution is -2.54. The highest BCUT2D eigenvalue weighted by Crippen LogP contribution is 2.25. The number of piperazine rings is 1. The maximum atomic E-state index is 12.8. The lowest BCUT2D eigenvalue weighted by Gasteiger charge is -2.39. The second-order valence-corrected chi connectivity index (χ2v) is 7.13. The molecule has 2 fully saturated rings. The SMILES string of the molecule is CC1CN(CCO)CCN1C(=O)c1cnc(C2CCN(C)CC2)[nH]1.